The molecular weight excluding hydrogens is 242 g/mol. The first kappa shape index (κ1) is 13.3. The third-order valence-electron chi connectivity index (χ3n) is 3.01. The fourth-order valence-electron chi connectivity index (χ4n) is 1.78. The quantitative estimate of drug-likeness (QED) is 0.760. The van der Waals surface area contributed by atoms with Crippen molar-refractivity contribution in [2.75, 3.05) is 13.1 Å². The Bertz CT molecular complexity index is 648. The number of aromatic amines is 1. The topological polar surface area (TPSA) is 88.0 Å². The van der Waals surface area contributed by atoms with Crippen LogP contribution in [0.25, 0.3) is 10.8 Å². The minimum absolute atomic E-state index is 0.205. The lowest BCUT2D eigenvalue weighted by atomic mass is 10.1. The maximum absolute atomic E-state index is 11.9. The highest BCUT2D eigenvalue weighted by molar-refractivity contribution is 5.96. The van der Waals surface area contributed by atoms with Crippen molar-refractivity contribution in [2.24, 2.45) is 11.7 Å². The van der Waals surface area contributed by atoms with Gasteiger partial charge in [-0.2, -0.15) is 0 Å². The second kappa shape index (κ2) is 5.67. The fraction of sp³-hybridized carbons (Fsp3) is 0.286. The third-order valence-corrected chi connectivity index (χ3v) is 3.01. The minimum atomic E-state index is -0.289. The van der Waals surface area contributed by atoms with Crippen LogP contribution in [0.3, 0.4) is 0 Å². The zero-order valence-electron chi connectivity index (χ0n) is 10.8. The van der Waals surface area contributed by atoms with Gasteiger partial charge in [0.25, 0.3) is 11.5 Å². The molecule has 0 fully saturated rings. The number of carbonyl (C=O) groups excluding carboxylic acids is 1. The molecule has 19 heavy (non-hydrogen) atoms. The number of fused-ring (bicyclic) bond motifs is 1. The van der Waals surface area contributed by atoms with Crippen molar-refractivity contribution in [2.45, 2.75) is 6.92 Å². The molecule has 1 aromatic heterocycles. The number of hydrogen-bond donors (Lipinski definition) is 3. The fourth-order valence-corrected chi connectivity index (χ4v) is 1.78. The molecule has 2 rings (SSSR count). The summed E-state index contributed by atoms with van der Waals surface area (Å²) in [6.07, 6.45) is 0. The van der Waals surface area contributed by atoms with Gasteiger partial charge in [-0.15, -0.1) is 0 Å². The Kier molecular flexibility index (Phi) is 3.97. The Hall–Kier alpha value is -2.14. The number of carbonyl (C=O) groups is 1. The molecule has 0 radical (unpaired) electrons. The van der Waals surface area contributed by atoms with Crippen LogP contribution in [-0.4, -0.2) is 24.0 Å². The lowest BCUT2D eigenvalue weighted by Crippen LogP contribution is -2.32. The summed E-state index contributed by atoms with van der Waals surface area (Å²) < 4.78 is 0. The molecule has 0 aliphatic carbocycles. The molecule has 2 aromatic rings. The molecule has 0 saturated carbocycles. The predicted octanol–water partition coefficient (Wildman–Crippen LogP) is 0.853. The lowest BCUT2D eigenvalue weighted by Gasteiger charge is -2.10. The van der Waals surface area contributed by atoms with Gasteiger partial charge in [-0.1, -0.05) is 25.1 Å². The highest BCUT2D eigenvalue weighted by atomic mass is 16.2. The summed E-state index contributed by atoms with van der Waals surface area (Å²) in [4.78, 5) is 26.4. The molecule has 1 heterocycles. The first-order valence-corrected chi connectivity index (χ1v) is 6.22. The number of pyridine rings is 1. The summed E-state index contributed by atoms with van der Waals surface area (Å²) in [5, 5.41) is 4.08. The van der Waals surface area contributed by atoms with Crippen LogP contribution < -0.4 is 16.6 Å². The minimum Gasteiger partial charge on any atom is -0.350 e. The Labute approximate surface area is 110 Å². The molecule has 4 N–H and O–H groups in total. The van der Waals surface area contributed by atoms with E-state index >= 15 is 0 Å². The Balaban J connectivity index is 2.25. The van der Waals surface area contributed by atoms with E-state index in [0.717, 1.165) is 5.39 Å². The first-order valence-electron chi connectivity index (χ1n) is 6.22. The number of nitrogens with one attached hydrogen (secondary N) is 2. The van der Waals surface area contributed by atoms with Crippen LogP contribution >= 0.6 is 0 Å². The highest BCUT2D eigenvalue weighted by Gasteiger charge is 2.10. The number of benzene rings is 1. The molecule has 0 spiro atoms. The van der Waals surface area contributed by atoms with E-state index in [1.165, 1.54) is 0 Å². The van der Waals surface area contributed by atoms with E-state index in [-0.39, 0.29) is 23.1 Å². The van der Waals surface area contributed by atoms with Gasteiger partial charge < -0.3 is 16.0 Å². The average Bonchev–Trinajstić information content (AvgIpc) is 2.44. The van der Waals surface area contributed by atoms with Crippen LogP contribution in [0.1, 0.15) is 17.4 Å². The van der Waals surface area contributed by atoms with E-state index in [1.807, 2.05) is 19.1 Å². The standard InChI is InChI=1S/C14H17N3O2/c1-9(7-15)8-16-14(19)12-6-10-4-2-3-5-11(10)13(18)17-12/h2-6,9H,7-8,15H2,1H3,(H,16,19)(H,17,18). The summed E-state index contributed by atoms with van der Waals surface area (Å²) in [5.74, 6) is -0.0840. The molecule has 1 unspecified atom stereocenters. The Morgan fingerprint density at radius 2 is 2.16 bits per heavy atom. The SMILES string of the molecule is CC(CN)CNC(=O)c1cc2ccccc2c(=O)[nH]1. The van der Waals surface area contributed by atoms with Gasteiger partial charge >= 0.3 is 0 Å². The van der Waals surface area contributed by atoms with Gasteiger partial charge in [0.05, 0.1) is 0 Å². The van der Waals surface area contributed by atoms with Gasteiger partial charge in [0.1, 0.15) is 5.69 Å². The maximum atomic E-state index is 11.9. The summed E-state index contributed by atoms with van der Waals surface area (Å²) >= 11 is 0. The first-order chi connectivity index (χ1) is 9.11. The summed E-state index contributed by atoms with van der Waals surface area (Å²) in [6, 6.07) is 8.84. The molecule has 5 heteroatoms. The van der Waals surface area contributed by atoms with Crippen LogP contribution in [0.2, 0.25) is 0 Å². The molecule has 0 aliphatic heterocycles. The van der Waals surface area contributed by atoms with Gasteiger partial charge in [0, 0.05) is 11.9 Å². The van der Waals surface area contributed by atoms with Crippen LogP contribution in [-0.2, 0) is 0 Å². The van der Waals surface area contributed by atoms with E-state index < -0.39 is 0 Å². The van der Waals surface area contributed by atoms with Crippen molar-refractivity contribution in [3.8, 4) is 0 Å². The zero-order valence-corrected chi connectivity index (χ0v) is 10.8. The van der Waals surface area contributed by atoms with Crippen molar-refractivity contribution in [3.05, 3.63) is 46.4 Å². The number of H-pyrrole nitrogens is 1. The normalized spacial score (nSPS) is 12.3. The molecule has 1 atom stereocenters. The van der Waals surface area contributed by atoms with Crippen LogP contribution in [0.4, 0.5) is 0 Å². The largest absolute Gasteiger partial charge is 0.350 e. The van der Waals surface area contributed by atoms with E-state index in [4.69, 9.17) is 5.73 Å². The van der Waals surface area contributed by atoms with Gasteiger partial charge in [-0.3, -0.25) is 9.59 Å². The number of aromatic nitrogens is 1. The maximum Gasteiger partial charge on any atom is 0.267 e. The Morgan fingerprint density at radius 1 is 1.42 bits per heavy atom. The third kappa shape index (κ3) is 3.00. The summed E-state index contributed by atoms with van der Waals surface area (Å²) in [6.45, 7) is 2.95. The number of nitrogens with two attached hydrogens (primary N) is 1. The average molecular weight is 259 g/mol. The molecule has 5 nitrogen and oxygen atoms in total. The van der Waals surface area contributed by atoms with Crippen molar-refractivity contribution in [1.29, 1.82) is 0 Å². The van der Waals surface area contributed by atoms with Crippen LogP contribution in [0, 0.1) is 5.92 Å². The second-order valence-electron chi connectivity index (χ2n) is 4.65. The van der Waals surface area contributed by atoms with Crippen molar-refractivity contribution in [1.82, 2.24) is 10.3 Å². The van der Waals surface area contributed by atoms with Crippen molar-refractivity contribution < 1.29 is 4.79 Å². The number of hydrogen-bond acceptors (Lipinski definition) is 3. The molecule has 0 saturated heterocycles. The van der Waals surface area contributed by atoms with E-state index in [2.05, 4.69) is 10.3 Å². The van der Waals surface area contributed by atoms with Gasteiger partial charge in [0.2, 0.25) is 0 Å². The van der Waals surface area contributed by atoms with Crippen LogP contribution in [0.15, 0.2) is 35.1 Å². The monoisotopic (exact) mass is 259 g/mol. The summed E-state index contributed by atoms with van der Waals surface area (Å²) in [5.41, 5.74) is 5.50. The molecule has 0 bridgehead atoms. The highest BCUT2D eigenvalue weighted by Crippen LogP contribution is 2.09. The molecule has 0 aliphatic rings. The second-order valence-corrected chi connectivity index (χ2v) is 4.65. The number of rotatable bonds is 4. The van der Waals surface area contributed by atoms with Crippen molar-refractivity contribution in [3.63, 3.8) is 0 Å². The van der Waals surface area contributed by atoms with Gasteiger partial charge in [-0.05, 0) is 30.0 Å². The Morgan fingerprint density at radius 3 is 2.89 bits per heavy atom. The predicted molar refractivity (Wildman–Crippen MR) is 75.1 cm³/mol. The molecule has 1 amide bonds. The van der Waals surface area contributed by atoms with Crippen LogP contribution in [0.5, 0.6) is 0 Å². The smallest absolute Gasteiger partial charge is 0.267 e. The van der Waals surface area contributed by atoms with Crippen molar-refractivity contribution >= 4 is 16.7 Å². The van der Waals surface area contributed by atoms with Gasteiger partial charge in [-0.25, -0.2) is 0 Å². The van der Waals surface area contributed by atoms with E-state index in [9.17, 15) is 9.59 Å². The van der Waals surface area contributed by atoms with E-state index in [0.29, 0.717) is 18.5 Å². The summed E-state index contributed by atoms with van der Waals surface area (Å²) in [7, 11) is 0. The van der Waals surface area contributed by atoms with Gasteiger partial charge in [0.15, 0.2) is 0 Å². The van der Waals surface area contributed by atoms with E-state index in [1.54, 1.807) is 18.2 Å². The molecular formula is C14H17N3O2. The molecule has 1 aromatic carbocycles. The lowest BCUT2D eigenvalue weighted by molar-refractivity contribution is 0.0943. The zero-order chi connectivity index (χ0) is 13.8. The number of amides is 1. The molecule has 100 valence electrons.